The molecule has 1 aromatic carbocycles. The first-order chi connectivity index (χ1) is 14.4. The molecular formula is C18H18ClIN6O3S. The third-order valence-electron chi connectivity index (χ3n) is 4.76. The number of rotatable bonds is 5. The number of fused-ring (bicyclic) bond motifs is 1. The van der Waals surface area contributed by atoms with Crippen LogP contribution in [0.5, 0.6) is 0 Å². The number of amides is 1. The maximum absolute atomic E-state index is 12.0. The van der Waals surface area contributed by atoms with E-state index < -0.39 is 22.8 Å². The maximum Gasteiger partial charge on any atom is 0.235 e. The Hall–Kier alpha value is -1.67. The molecule has 2 aromatic heterocycles. The van der Waals surface area contributed by atoms with Gasteiger partial charge in [-0.15, -0.1) is 11.8 Å². The summed E-state index contributed by atoms with van der Waals surface area (Å²) in [5.74, 6) is 0.106. The van der Waals surface area contributed by atoms with Crippen molar-refractivity contribution in [2.75, 3.05) is 12.4 Å². The van der Waals surface area contributed by atoms with Gasteiger partial charge >= 0.3 is 0 Å². The van der Waals surface area contributed by atoms with Crippen molar-refractivity contribution in [3.8, 4) is 0 Å². The Morgan fingerprint density at radius 2 is 2.13 bits per heavy atom. The summed E-state index contributed by atoms with van der Waals surface area (Å²) in [5.41, 5.74) is 1.96. The Morgan fingerprint density at radius 1 is 1.33 bits per heavy atom. The van der Waals surface area contributed by atoms with Gasteiger partial charge in [-0.05, 0) is 51.9 Å². The first-order valence-electron chi connectivity index (χ1n) is 9.00. The number of hydrogen-bond donors (Lipinski definition) is 4. The monoisotopic (exact) mass is 560 g/mol. The number of benzene rings is 1. The van der Waals surface area contributed by atoms with Crippen molar-refractivity contribution in [3.05, 3.63) is 45.0 Å². The van der Waals surface area contributed by atoms with Gasteiger partial charge in [-0.3, -0.25) is 9.36 Å². The van der Waals surface area contributed by atoms with E-state index in [1.54, 1.807) is 4.57 Å². The average Bonchev–Trinajstić information content (AvgIpc) is 3.27. The summed E-state index contributed by atoms with van der Waals surface area (Å²) in [5, 5.41) is 25.1. The number of aliphatic hydroxyl groups excluding tert-OH is 2. The van der Waals surface area contributed by atoms with Gasteiger partial charge < -0.3 is 20.8 Å². The Balaban J connectivity index is 1.64. The lowest BCUT2D eigenvalue weighted by Crippen LogP contribution is -2.39. The second kappa shape index (κ2) is 8.83. The molecule has 0 radical (unpaired) electrons. The topological polar surface area (TPSA) is 125 Å². The van der Waals surface area contributed by atoms with Crippen LogP contribution < -0.4 is 10.6 Å². The van der Waals surface area contributed by atoms with E-state index in [1.807, 2.05) is 18.2 Å². The van der Waals surface area contributed by atoms with Crippen LogP contribution >= 0.6 is 46.0 Å². The molecule has 4 atom stereocenters. The number of hydrogen-bond acceptors (Lipinski definition) is 8. The molecule has 0 bridgehead atoms. The highest BCUT2D eigenvalue weighted by Crippen LogP contribution is 2.43. The fourth-order valence-corrected chi connectivity index (χ4v) is 5.52. The number of carbonyl (C=O) groups is 1. The van der Waals surface area contributed by atoms with Gasteiger partial charge in [-0.1, -0.05) is 12.1 Å². The van der Waals surface area contributed by atoms with E-state index in [-0.39, 0.29) is 11.2 Å². The fraction of sp³-hybridized carbons (Fsp3) is 0.333. The quantitative estimate of drug-likeness (QED) is 0.275. The number of nitrogens with zero attached hydrogens (tertiary/aromatic N) is 4. The van der Waals surface area contributed by atoms with Gasteiger partial charge in [0, 0.05) is 17.2 Å². The number of imidazole rings is 1. The van der Waals surface area contributed by atoms with E-state index in [2.05, 4.69) is 54.2 Å². The lowest BCUT2D eigenvalue weighted by molar-refractivity contribution is -0.122. The molecule has 12 heteroatoms. The predicted molar refractivity (Wildman–Crippen MR) is 123 cm³/mol. The molecule has 4 rings (SSSR count). The average molecular weight is 561 g/mol. The molecule has 3 aromatic rings. The zero-order valence-electron chi connectivity index (χ0n) is 15.7. The molecule has 158 valence electrons. The van der Waals surface area contributed by atoms with Crippen molar-refractivity contribution < 1.29 is 15.0 Å². The third kappa shape index (κ3) is 4.08. The Bertz CT molecular complexity index is 1100. The van der Waals surface area contributed by atoms with Crippen molar-refractivity contribution in [3.63, 3.8) is 0 Å². The normalized spacial score (nSPS) is 23.6. The molecule has 1 aliphatic rings. The minimum absolute atomic E-state index is 0.0234. The van der Waals surface area contributed by atoms with Gasteiger partial charge in [-0.2, -0.15) is 9.97 Å². The van der Waals surface area contributed by atoms with Crippen LogP contribution in [0.2, 0.25) is 5.28 Å². The zero-order chi connectivity index (χ0) is 21.4. The summed E-state index contributed by atoms with van der Waals surface area (Å²) < 4.78 is 2.74. The van der Waals surface area contributed by atoms with E-state index in [4.69, 9.17) is 11.6 Å². The van der Waals surface area contributed by atoms with Crippen LogP contribution in [-0.2, 0) is 11.3 Å². The minimum atomic E-state index is -1.21. The summed E-state index contributed by atoms with van der Waals surface area (Å²) >= 11 is 9.54. The molecule has 3 heterocycles. The van der Waals surface area contributed by atoms with E-state index in [0.717, 1.165) is 20.9 Å². The van der Waals surface area contributed by atoms with E-state index >= 15 is 0 Å². The smallest absolute Gasteiger partial charge is 0.235 e. The number of aromatic nitrogens is 4. The lowest BCUT2D eigenvalue weighted by atomic mass is 10.1. The van der Waals surface area contributed by atoms with Gasteiger partial charge in [0.15, 0.2) is 17.0 Å². The van der Waals surface area contributed by atoms with E-state index in [9.17, 15) is 15.0 Å². The fourth-order valence-electron chi connectivity index (χ4n) is 3.28. The van der Waals surface area contributed by atoms with E-state index in [1.165, 1.54) is 13.4 Å². The molecule has 1 fully saturated rings. The first-order valence-corrected chi connectivity index (χ1v) is 11.4. The van der Waals surface area contributed by atoms with Gasteiger partial charge in [0.25, 0.3) is 0 Å². The predicted octanol–water partition coefficient (Wildman–Crippen LogP) is 1.78. The van der Waals surface area contributed by atoms with Gasteiger partial charge in [-0.25, -0.2) is 4.98 Å². The van der Waals surface area contributed by atoms with E-state index in [0.29, 0.717) is 23.5 Å². The molecule has 1 amide bonds. The van der Waals surface area contributed by atoms with Crippen LogP contribution in [0.1, 0.15) is 10.9 Å². The van der Waals surface area contributed by atoms with Crippen molar-refractivity contribution in [2.45, 2.75) is 29.4 Å². The van der Waals surface area contributed by atoms with Crippen LogP contribution in [-0.4, -0.2) is 60.1 Å². The molecule has 0 unspecified atom stereocenters. The Morgan fingerprint density at radius 3 is 2.87 bits per heavy atom. The minimum Gasteiger partial charge on any atom is -0.389 e. The summed E-state index contributed by atoms with van der Waals surface area (Å²) in [6.45, 7) is 0.518. The standard InChI is InChI=1S/C18H18ClIN6O3S/c1-21-16(29)13-11(27)12(28)17(30-13)26-7-23-10-14(24-18(19)25-15(10)26)22-6-8-3-2-4-9(20)5-8/h2-5,7,11-13,17,27-28H,6H2,1H3,(H,21,29)(H,22,24,25)/t11-,12+,13-,17+/m1/s1. The largest absolute Gasteiger partial charge is 0.389 e. The Labute approximate surface area is 194 Å². The maximum atomic E-state index is 12.0. The Kier molecular flexibility index (Phi) is 6.34. The van der Waals surface area contributed by atoms with Crippen LogP contribution in [0.4, 0.5) is 5.82 Å². The molecule has 9 nitrogen and oxygen atoms in total. The SMILES string of the molecule is CNC(=O)[C@@H]1S[C@H](n2cnc3c(NCc4cccc(I)c4)nc(Cl)nc32)[C@@H](O)[C@H]1O. The highest BCUT2D eigenvalue weighted by atomic mass is 127. The van der Waals surface area contributed by atoms with Crippen LogP contribution in [0.25, 0.3) is 11.2 Å². The molecular weight excluding hydrogens is 543 g/mol. The third-order valence-corrected chi connectivity index (χ3v) is 7.17. The van der Waals surface area contributed by atoms with Crippen molar-refractivity contribution in [1.29, 1.82) is 0 Å². The highest BCUT2D eigenvalue weighted by molar-refractivity contribution is 14.1. The second-order valence-electron chi connectivity index (χ2n) is 6.69. The molecule has 0 saturated carbocycles. The molecule has 0 aliphatic carbocycles. The molecule has 30 heavy (non-hydrogen) atoms. The molecule has 1 saturated heterocycles. The van der Waals surface area contributed by atoms with Crippen LogP contribution in [0.3, 0.4) is 0 Å². The zero-order valence-corrected chi connectivity index (χ0v) is 19.4. The number of aliphatic hydroxyl groups is 2. The van der Waals surface area contributed by atoms with Crippen molar-refractivity contribution in [1.82, 2.24) is 24.8 Å². The molecule has 0 spiro atoms. The van der Waals surface area contributed by atoms with Gasteiger partial charge in [0.1, 0.15) is 22.8 Å². The summed E-state index contributed by atoms with van der Waals surface area (Å²) in [6.07, 6.45) is -0.884. The first kappa shape index (κ1) is 21.6. The number of thioether (sulfide) groups is 1. The van der Waals surface area contributed by atoms with Crippen LogP contribution in [0, 0.1) is 3.57 Å². The van der Waals surface area contributed by atoms with Crippen molar-refractivity contribution in [2.24, 2.45) is 0 Å². The summed E-state index contributed by atoms with van der Waals surface area (Å²) in [6, 6.07) is 8.04. The lowest BCUT2D eigenvalue weighted by Gasteiger charge is -2.17. The number of carbonyl (C=O) groups excluding carboxylic acids is 1. The molecule has 1 aliphatic heterocycles. The second-order valence-corrected chi connectivity index (χ2v) is 9.54. The number of anilines is 1. The highest BCUT2D eigenvalue weighted by Gasteiger charge is 2.47. The van der Waals surface area contributed by atoms with Gasteiger partial charge in [0.2, 0.25) is 11.2 Å². The van der Waals surface area contributed by atoms with Crippen LogP contribution in [0.15, 0.2) is 30.6 Å². The molecule has 4 N–H and O–H groups in total. The number of nitrogens with one attached hydrogen (secondary N) is 2. The summed E-state index contributed by atoms with van der Waals surface area (Å²) in [7, 11) is 1.49. The summed E-state index contributed by atoms with van der Waals surface area (Å²) in [4.78, 5) is 24.9. The van der Waals surface area contributed by atoms with Gasteiger partial charge in [0.05, 0.1) is 6.33 Å². The number of halogens is 2. The van der Waals surface area contributed by atoms with Crippen molar-refractivity contribution >= 4 is 68.8 Å².